The summed E-state index contributed by atoms with van der Waals surface area (Å²) in [5, 5.41) is 9.88. The number of rotatable bonds is 9. The Kier molecular flexibility index (Phi) is 8.24. The van der Waals surface area contributed by atoms with Gasteiger partial charge >= 0.3 is 0 Å². The second-order valence-corrected chi connectivity index (χ2v) is 9.17. The van der Waals surface area contributed by atoms with E-state index < -0.39 is 5.91 Å². The summed E-state index contributed by atoms with van der Waals surface area (Å²) in [4.78, 5) is 41.2. The number of aryl methyl sites for hydroxylation is 2. The van der Waals surface area contributed by atoms with Crippen LogP contribution in [0, 0.1) is 6.92 Å². The van der Waals surface area contributed by atoms with E-state index in [0.29, 0.717) is 34.9 Å². The summed E-state index contributed by atoms with van der Waals surface area (Å²) >= 11 is 0. The first-order valence-corrected chi connectivity index (χ1v) is 12.4. The van der Waals surface area contributed by atoms with Gasteiger partial charge in [-0.1, -0.05) is 6.92 Å². The van der Waals surface area contributed by atoms with Crippen LogP contribution in [-0.4, -0.2) is 60.6 Å². The van der Waals surface area contributed by atoms with Gasteiger partial charge in [-0.3, -0.25) is 34.1 Å². The van der Waals surface area contributed by atoms with Crippen LogP contribution in [0.25, 0.3) is 16.8 Å². The van der Waals surface area contributed by atoms with Crippen LogP contribution in [-0.2, 0) is 16.6 Å². The van der Waals surface area contributed by atoms with Crippen molar-refractivity contribution in [2.75, 3.05) is 23.7 Å². The normalized spacial score (nSPS) is 16.1. The van der Waals surface area contributed by atoms with Crippen LogP contribution >= 0.6 is 0 Å². The average molecular weight is 504 g/mol. The summed E-state index contributed by atoms with van der Waals surface area (Å²) in [5.74, 6) is -0.525. The molecule has 4 N–H and O–H groups in total. The summed E-state index contributed by atoms with van der Waals surface area (Å²) in [5.41, 5.74) is 9.30. The minimum absolute atomic E-state index is 0.0672. The number of pyridine rings is 1. The molecule has 0 aliphatic carbocycles. The quantitative estimate of drug-likeness (QED) is 0.378. The van der Waals surface area contributed by atoms with E-state index in [9.17, 15) is 9.59 Å². The summed E-state index contributed by atoms with van der Waals surface area (Å²) in [6, 6.07) is 1.96. The van der Waals surface area contributed by atoms with Crippen molar-refractivity contribution >= 4 is 28.8 Å². The van der Waals surface area contributed by atoms with E-state index in [1.807, 2.05) is 13.2 Å². The number of amides is 2. The number of anilines is 2. The van der Waals surface area contributed by atoms with Gasteiger partial charge in [0, 0.05) is 37.5 Å². The Morgan fingerprint density at radius 3 is 2.68 bits per heavy atom. The van der Waals surface area contributed by atoms with Crippen molar-refractivity contribution < 1.29 is 9.59 Å². The fourth-order valence-corrected chi connectivity index (χ4v) is 4.50. The van der Waals surface area contributed by atoms with Crippen molar-refractivity contribution in [3.63, 3.8) is 0 Å². The maximum Gasteiger partial charge on any atom is 0.259 e. The minimum atomic E-state index is -0.458. The van der Waals surface area contributed by atoms with Crippen LogP contribution in [0.4, 0.5) is 11.4 Å². The monoisotopic (exact) mass is 503 g/mol. The van der Waals surface area contributed by atoms with Crippen molar-refractivity contribution in [1.29, 1.82) is 0 Å². The number of nitrogens with zero attached hydrogens (tertiary/aromatic N) is 6. The summed E-state index contributed by atoms with van der Waals surface area (Å²) in [6.45, 7) is 5.98. The van der Waals surface area contributed by atoms with E-state index in [-0.39, 0.29) is 17.5 Å². The molecule has 1 unspecified atom stereocenters. The first kappa shape index (κ1) is 26.0. The zero-order valence-corrected chi connectivity index (χ0v) is 21.4. The predicted octanol–water partition coefficient (Wildman–Crippen LogP) is 2.72. The Bertz CT molecular complexity index is 1280. The third kappa shape index (κ3) is 6.36. The molecule has 2 amide bonds. The van der Waals surface area contributed by atoms with Gasteiger partial charge in [0.1, 0.15) is 0 Å². The number of nitrogens with one attached hydrogen (secondary N) is 2. The Morgan fingerprint density at radius 2 is 2.00 bits per heavy atom. The fraction of sp³-hybridized carbons (Fsp3) is 0.385. The Balaban J connectivity index is 1.41. The van der Waals surface area contributed by atoms with Crippen molar-refractivity contribution in [1.82, 2.24) is 29.6 Å². The van der Waals surface area contributed by atoms with E-state index in [1.54, 1.807) is 36.3 Å². The summed E-state index contributed by atoms with van der Waals surface area (Å²) in [6.07, 6.45) is 13.0. The molecule has 0 spiro atoms. The molecule has 194 valence electrons. The van der Waals surface area contributed by atoms with Crippen LogP contribution in [0.5, 0.6) is 0 Å². The predicted molar refractivity (Wildman–Crippen MR) is 142 cm³/mol. The molecule has 3 aromatic rings. The third-order valence-electron chi connectivity index (χ3n) is 6.39. The molecule has 1 atom stereocenters. The van der Waals surface area contributed by atoms with Crippen LogP contribution in [0.15, 0.2) is 43.3 Å². The largest absolute Gasteiger partial charge is 0.404 e. The van der Waals surface area contributed by atoms with Gasteiger partial charge in [-0.15, -0.1) is 0 Å². The van der Waals surface area contributed by atoms with Gasteiger partial charge in [0.05, 0.1) is 58.8 Å². The molecule has 0 bridgehead atoms. The van der Waals surface area contributed by atoms with Crippen LogP contribution in [0.3, 0.4) is 0 Å². The molecule has 11 nitrogen and oxygen atoms in total. The van der Waals surface area contributed by atoms with E-state index in [0.717, 1.165) is 37.9 Å². The van der Waals surface area contributed by atoms with Crippen molar-refractivity contribution in [3.8, 4) is 11.3 Å². The van der Waals surface area contributed by atoms with Gasteiger partial charge in [-0.05, 0) is 45.3 Å². The molecule has 0 saturated carbocycles. The van der Waals surface area contributed by atoms with Gasteiger partial charge in [0.15, 0.2) is 0 Å². The zero-order chi connectivity index (χ0) is 26.4. The lowest BCUT2D eigenvalue weighted by atomic mass is 10.1. The van der Waals surface area contributed by atoms with Gasteiger partial charge in [-0.2, -0.15) is 5.10 Å². The topological polar surface area (TPSA) is 144 Å². The number of carbonyl (C=O) groups excluding carboxylic acids is 2. The van der Waals surface area contributed by atoms with Crippen LogP contribution < -0.4 is 16.4 Å². The molecule has 1 aliphatic rings. The standard InChI is InChI=1S/C26H33N9O2/c1-4-7-35-8-5-6-20(35)10-25(36)32-19-9-22(17(2)28-13-19)33-26(37)21(11-27)24-15-29-23(14-30-24)18-12-31-34(3)16-18/h9,11-16,20H,4-8,10,27H2,1-3H3,(H,32,36)(H,33,37)/b21-11+. The second kappa shape index (κ2) is 11.7. The number of nitrogens with two attached hydrogens (primary N) is 1. The molecule has 4 heterocycles. The van der Waals surface area contributed by atoms with Crippen LogP contribution in [0.2, 0.25) is 0 Å². The molecule has 1 aliphatic heterocycles. The number of likely N-dealkylation sites (tertiary alicyclic amines) is 1. The lowest BCUT2D eigenvalue weighted by molar-refractivity contribution is -0.117. The zero-order valence-electron chi connectivity index (χ0n) is 21.4. The van der Waals surface area contributed by atoms with Gasteiger partial charge in [-0.25, -0.2) is 0 Å². The average Bonchev–Trinajstić information content (AvgIpc) is 3.51. The molecule has 11 heteroatoms. The van der Waals surface area contributed by atoms with Gasteiger partial charge < -0.3 is 16.4 Å². The molecule has 1 saturated heterocycles. The minimum Gasteiger partial charge on any atom is -0.404 e. The number of hydrogen-bond donors (Lipinski definition) is 3. The highest BCUT2D eigenvalue weighted by Crippen LogP contribution is 2.23. The highest BCUT2D eigenvalue weighted by Gasteiger charge is 2.26. The van der Waals surface area contributed by atoms with Crippen molar-refractivity contribution in [3.05, 3.63) is 54.6 Å². The second-order valence-electron chi connectivity index (χ2n) is 9.17. The summed E-state index contributed by atoms with van der Waals surface area (Å²) in [7, 11) is 1.82. The molecular weight excluding hydrogens is 470 g/mol. The third-order valence-corrected chi connectivity index (χ3v) is 6.39. The van der Waals surface area contributed by atoms with Gasteiger partial charge in [0.2, 0.25) is 5.91 Å². The maximum atomic E-state index is 13.1. The molecule has 37 heavy (non-hydrogen) atoms. The molecule has 1 fully saturated rings. The Morgan fingerprint density at radius 1 is 1.16 bits per heavy atom. The molecule has 0 aromatic carbocycles. The molecule has 4 rings (SSSR count). The first-order valence-electron chi connectivity index (χ1n) is 12.4. The highest BCUT2D eigenvalue weighted by molar-refractivity contribution is 6.24. The lowest BCUT2D eigenvalue weighted by Crippen LogP contribution is -2.33. The Hall–Kier alpha value is -4.12. The molecular formula is C26H33N9O2. The van der Waals surface area contributed by atoms with Crippen LogP contribution in [0.1, 0.15) is 44.0 Å². The first-order chi connectivity index (χ1) is 17.9. The SMILES string of the molecule is CCCN1CCCC1CC(=O)Nc1cnc(C)c(NC(=O)/C(=C/N)c2cnc(-c3cnn(C)c3)cn2)c1. The van der Waals surface area contributed by atoms with Gasteiger partial charge in [0.25, 0.3) is 5.91 Å². The van der Waals surface area contributed by atoms with Crippen molar-refractivity contribution in [2.24, 2.45) is 12.8 Å². The Labute approximate surface area is 216 Å². The number of hydrogen-bond acceptors (Lipinski definition) is 8. The van der Waals surface area contributed by atoms with E-state index in [4.69, 9.17) is 5.73 Å². The highest BCUT2D eigenvalue weighted by atomic mass is 16.2. The maximum absolute atomic E-state index is 13.1. The fourth-order valence-electron chi connectivity index (χ4n) is 4.50. The summed E-state index contributed by atoms with van der Waals surface area (Å²) < 4.78 is 1.67. The number of carbonyl (C=O) groups is 2. The van der Waals surface area contributed by atoms with E-state index >= 15 is 0 Å². The molecule has 0 radical (unpaired) electrons. The van der Waals surface area contributed by atoms with E-state index in [1.165, 1.54) is 12.4 Å². The smallest absolute Gasteiger partial charge is 0.259 e. The van der Waals surface area contributed by atoms with Crippen molar-refractivity contribution in [2.45, 2.75) is 45.6 Å². The number of aromatic nitrogens is 5. The van der Waals surface area contributed by atoms with E-state index in [2.05, 4.69) is 42.5 Å². The lowest BCUT2D eigenvalue weighted by Gasteiger charge is -2.23. The molecule has 3 aromatic heterocycles.